The second kappa shape index (κ2) is 8.31. The molecule has 2 aromatic rings. The molecule has 2 rings (SSSR count). The second-order valence-electron chi connectivity index (χ2n) is 4.74. The van der Waals surface area contributed by atoms with Crippen LogP contribution in [-0.2, 0) is 16.1 Å². The van der Waals surface area contributed by atoms with Crippen molar-refractivity contribution >= 4 is 23.2 Å². The smallest absolute Gasteiger partial charge is 0.309 e. The summed E-state index contributed by atoms with van der Waals surface area (Å²) in [5, 5.41) is 16.8. The summed E-state index contributed by atoms with van der Waals surface area (Å²) >= 11 is 1.46. The van der Waals surface area contributed by atoms with Gasteiger partial charge in [-0.3, -0.25) is 9.59 Å². The van der Waals surface area contributed by atoms with Gasteiger partial charge in [0.15, 0.2) is 0 Å². The second-order valence-corrected chi connectivity index (χ2v) is 5.72. The zero-order chi connectivity index (χ0) is 15.8. The van der Waals surface area contributed by atoms with Crippen molar-refractivity contribution in [2.45, 2.75) is 19.1 Å². The molecule has 116 valence electrons. The van der Waals surface area contributed by atoms with Gasteiger partial charge >= 0.3 is 11.8 Å². The molecule has 0 spiro atoms. The van der Waals surface area contributed by atoms with Crippen LogP contribution in [0, 0.1) is 0 Å². The molecule has 1 aromatic carbocycles. The van der Waals surface area contributed by atoms with Crippen molar-refractivity contribution in [3.8, 4) is 0 Å². The fourth-order valence-electron chi connectivity index (χ4n) is 1.88. The Labute approximate surface area is 133 Å². The number of rotatable bonds is 6. The molecule has 6 heteroatoms. The number of nitrogens with one attached hydrogen (secondary N) is 2. The summed E-state index contributed by atoms with van der Waals surface area (Å²) in [4.78, 5) is 24.1. The van der Waals surface area contributed by atoms with Crippen LogP contribution in [0.3, 0.4) is 0 Å². The first kappa shape index (κ1) is 16.2. The molecule has 5 nitrogen and oxygen atoms in total. The van der Waals surface area contributed by atoms with Crippen LogP contribution in [0.1, 0.15) is 23.0 Å². The zero-order valence-corrected chi connectivity index (χ0v) is 12.8. The number of thiophene rings is 1. The minimum Gasteiger partial charge on any atom is -0.388 e. The van der Waals surface area contributed by atoms with Gasteiger partial charge in [0.1, 0.15) is 0 Å². The lowest BCUT2D eigenvalue weighted by Crippen LogP contribution is -2.40. The van der Waals surface area contributed by atoms with Gasteiger partial charge in [-0.1, -0.05) is 36.4 Å². The first-order valence-electron chi connectivity index (χ1n) is 6.98. The van der Waals surface area contributed by atoms with Gasteiger partial charge in [0.2, 0.25) is 0 Å². The van der Waals surface area contributed by atoms with Crippen molar-refractivity contribution < 1.29 is 14.7 Å². The predicted octanol–water partition coefficient (Wildman–Crippen LogP) is 1.60. The standard InChI is InChI=1S/C16H18N2O3S/c19-13(14-7-4-10-22-14)8-9-17-15(20)16(21)18-11-12-5-2-1-3-6-12/h1-7,10,13,19H,8-9,11H2,(H,17,20)(H,18,21). The van der Waals surface area contributed by atoms with Crippen LogP contribution in [0.2, 0.25) is 0 Å². The van der Waals surface area contributed by atoms with Crippen LogP contribution in [-0.4, -0.2) is 23.5 Å². The fourth-order valence-corrected chi connectivity index (χ4v) is 2.63. The van der Waals surface area contributed by atoms with Crippen LogP contribution in [0.4, 0.5) is 0 Å². The number of amides is 2. The molecule has 2 amide bonds. The highest BCUT2D eigenvalue weighted by molar-refractivity contribution is 7.10. The lowest BCUT2D eigenvalue weighted by molar-refractivity contribution is -0.139. The molecule has 0 aliphatic rings. The van der Waals surface area contributed by atoms with E-state index in [1.165, 1.54) is 11.3 Å². The lowest BCUT2D eigenvalue weighted by atomic mass is 10.2. The van der Waals surface area contributed by atoms with Crippen molar-refractivity contribution in [3.63, 3.8) is 0 Å². The van der Waals surface area contributed by atoms with E-state index in [1.54, 1.807) is 0 Å². The van der Waals surface area contributed by atoms with Crippen LogP contribution < -0.4 is 10.6 Å². The number of aliphatic hydroxyl groups is 1. The molecule has 0 radical (unpaired) electrons. The highest BCUT2D eigenvalue weighted by Gasteiger charge is 2.14. The van der Waals surface area contributed by atoms with Crippen LogP contribution in [0.5, 0.6) is 0 Å². The van der Waals surface area contributed by atoms with Crippen LogP contribution in [0.25, 0.3) is 0 Å². The van der Waals surface area contributed by atoms with Gasteiger partial charge in [-0.25, -0.2) is 0 Å². The molecule has 0 aliphatic heterocycles. The lowest BCUT2D eigenvalue weighted by Gasteiger charge is -2.09. The maximum atomic E-state index is 11.6. The van der Waals surface area contributed by atoms with Gasteiger partial charge in [0, 0.05) is 18.0 Å². The molecule has 1 atom stereocenters. The summed E-state index contributed by atoms with van der Waals surface area (Å²) in [5.41, 5.74) is 0.928. The van der Waals surface area contributed by atoms with Gasteiger partial charge in [0.05, 0.1) is 6.10 Å². The summed E-state index contributed by atoms with van der Waals surface area (Å²) in [7, 11) is 0. The first-order valence-corrected chi connectivity index (χ1v) is 7.86. The largest absolute Gasteiger partial charge is 0.388 e. The Bertz CT molecular complexity index is 599. The van der Waals surface area contributed by atoms with Crippen LogP contribution >= 0.6 is 11.3 Å². The minimum absolute atomic E-state index is 0.247. The Hall–Kier alpha value is -2.18. The maximum Gasteiger partial charge on any atom is 0.309 e. The average molecular weight is 318 g/mol. The Balaban J connectivity index is 1.67. The number of aliphatic hydroxyl groups excluding tert-OH is 1. The van der Waals surface area contributed by atoms with Gasteiger partial charge < -0.3 is 15.7 Å². The van der Waals surface area contributed by atoms with Gasteiger partial charge in [0.25, 0.3) is 0 Å². The van der Waals surface area contributed by atoms with E-state index in [4.69, 9.17) is 0 Å². The number of hydrogen-bond donors (Lipinski definition) is 3. The van der Waals surface area contributed by atoms with Crippen molar-refractivity contribution in [2.75, 3.05) is 6.54 Å². The van der Waals surface area contributed by atoms with Crippen LogP contribution in [0.15, 0.2) is 47.8 Å². The third kappa shape index (κ3) is 4.98. The topological polar surface area (TPSA) is 78.4 Å². The molecular formula is C16H18N2O3S. The zero-order valence-electron chi connectivity index (χ0n) is 12.0. The van der Waals surface area contributed by atoms with Gasteiger partial charge in [-0.2, -0.15) is 0 Å². The van der Waals surface area contributed by atoms with E-state index in [-0.39, 0.29) is 6.54 Å². The summed E-state index contributed by atoms with van der Waals surface area (Å²) in [6.07, 6.45) is -0.245. The quantitative estimate of drug-likeness (QED) is 0.708. The summed E-state index contributed by atoms with van der Waals surface area (Å²) < 4.78 is 0. The number of carbonyl (C=O) groups is 2. The van der Waals surface area contributed by atoms with Crippen molar-refractivity contribution in [1.82, 2.24) is 10.6 Å². The van der Waals surface area contributed by atoms with E-state index in [1.807, 2.05) is 47.8 Å². The first-order chi connectivity index (χ1) is 10.7. The minimum atomic E-state index is -0.686. The van der Waals surface area contributed by atoms with E-state index < -0.39 is 17.9 Å². The van der Waals surface area contributed by atoms with Crippen molar-refractivity contribution in [1.29, 1.82) is 0 Å². The van der Waals surface area contributed by atoms with E-state index in [0.717, 1.165) is 10.4 Å². The Morgan fingerprint density at radius 2 is 1.77 bits per heavy atom. The Morgan fingerprint density at radius 1 is 1.05 bits per heavy atom. The third-order valence-electron chi connectivity index (χ3n) is 3.08. The van der Waals surface area contributed by atoms with Gasteiger partial charge in [-0.15, -0.1) is 11.3 Å². The van der Waals surface area contributed by atoms with E-state index >= 15 is 0 Å². The van der Waals surface area contributed by atoms with E-state index in [9.17, 15) is 14.7 Å². The fraction of sp³-hybridized carbons (Fsp3) is 0.250. The van der Waals surface area contributed by atoms with Gasteiger partial charge in [-0.05, 0) is 23.4 Å². The predicted molar refractivity (Wildman–Crippen MR) is 85.2 cm³/mol. The van der Waals surface area contributed by atoms with Crippen molar-refractivity contribution in [3.05, 3.63) is 58.3 Å². The molecule has 0 bridgehead atoms. The molecule has 0 saturated heterocycles. The van der Waals surface area contributed by atoms with E-state index in [2.05, 4.69) is 10.6 Å². The normalized spacial score (nSPS) is 11.7. The molecule has 1 aromatic heterocycles. The number of benzene rings is 1. The number of carbonyl (C=O) groups excluding carboxylic acids is 2. The highest BCUT2D eigenvalue weighted by Crippen LogP contribution is 2.20. The molecule has 22 heavy (non-hydrogen) atoms. The number of hydrogen-bond acceptors (Lipinski definition) is 4. The highest BCUT2D eigenvalue weighted by atomic mass is 32.1. The van der Waals surface area contributed by atoms with E-state index in [0.29, 0.717) is 13.0 Å². The molecule has 0 aliphatic carbocycles. The molecule has 3 N–H and O–H groups in total. The maximum absolute atomic E-state index is 11.6. The summed E-state index contributed by atoms with van der Waals surface area (Å²) in [6.45, 7) is 0.557. The summed E-state index contributed by atoms with van der Waals surface area (Å²) in [5.74, 6) is -1.36. The average Bonchev–Trinajstić information content (AvgIpc) is 3.08. The Morgan fingerprint density at radius 3 is 2.45 bits per heavy atom. The molecule has 1 heterocycles. The molecule has 1 unspecified atom stereocenters. The molecule has 0 fully saturated rings. The Kier molecular flexibility index (Phi) is 6.12. The monoisotopic (exact) mass is 318 g/mol. The molecule has 0 saturated carbocycles. The summed E-state index contributed by atoms with van der Waals surface area (Å²) in [6, 6.07) is 13.1. The molecular weight excluding hydrogens is 300 g/mol. The SMILES string of the molecule is O=C(NCCC(O)c1cccs1)C(=O)NCc1ccccc1. The van der Waals surface area contributed by atoms with Crippen molar-refractivity contribution in [2.24, 2.45) is 0 Å². The third-order valence-corrected chi connectivity index (χ3v) is 4.05.